The van der Waals surface area contributed by atoms with E-state index >= 15 is 0 Å². The van der Waals surface area contributed by atoms with Gasteiger partial charge in [-0.3, -0.25) is 15.0 Å². The van der Waals surface area contributed by atoms with E-state index in [1.807, 2.05) is 36.9 Å². The van der Waals surface area contributed by atoms with Crippen LogP contribution >= 0.6 is 0 Å². The zero-order valence-electron chi connectivity index (χ0n) is 17.3. The predicted molar refractivity (Wildman–Crippen MR) is 109 cm³/mol. The number of nitrogens with one attached hydrogen (secondary N) is 2. The van der Waals surface area contributed by atoms with E-state index in [2.05, 4.69) is 10.6 Å². The maximum absolute atomic E-state index is 12.3. The number of carbonyl (C=O) groups excluding carboxylic acids is 2. The number of urea groups is 1. The van der Waals surface area contributed by atoms with Crippen molar-refractivity contribution in [2.24, 2.45) is 0 Å². The van der Waals surface area contributed by atoms with Gasteiger partial charge in [0, 0.05) is 12.6 Å². The highest BCUT2D eigenvalue weighted by Gasteiger charge is 2.18. The maximum atomic E-state index is 12.3. The Hall–Kier alpha value is -2.28. The Bertz CT molecular complexity index is 645. The van der Waals surface area contributed by atoms with E-state index in [0.29, 0.717) is 31.2 Å². The number of hydrogen-bond acceptors (Lipinski definition) is 5. The average Bonchev–Trinajstić information content (AvgIpc) is 2.69. The number of carbonyl (C=O) groups is 2. The molecule has 0 saturated heterocycles. The summed E-state index contributed by atoms with van der Waals surface area (Å²) in [5.41, 5.74) is 1.02. The van der Waals surface area contributed by atoms with Crippen LogP contribution in [0.25, 0.3) is 0 Å². The first-order valence-corrected chi connectivity index (χ1v) is 10.2. The minimum absolute atomic E-state index is 0.157. The predicted octanol–water partition coefficient (Wildman–Crippen LogP) is 3.07. The molecular formula is C21H33N3O4. The lowest BCUT2D eigenvalue weighted by atomic mass is 9.96. The zero-order chi connectivity index (χ0) is 20.4. The summed E-state index contributed by atoms with van der Waals surface area (Å²) in [6.07, 6.45) is 5.47. The van der Waals surface area contributed by atoms with Crippen LogP contribution < -0.4 is 20.1 Å². The summed E-state index contributed by atoms with van der Waals surface area (Å²) in [5.74, 6) is 1.08. The number of hydrogen-bond donors (Lipinski definition) is 2. The average molecular weight is 392 g/mol. The number of amides is 3. The van der Waals surface area contributed by atoms with Crippen molar-refractivity contribution in [2.45, 2.75) is 58.5 Å². The summed E-state index contributed by atoms with van der Waals surface area (Å²) < 4.78 is 10.9. The van der Waals surface area contributed by atoms with E-state index in [0.717, 1.165) is 31.2 Å². The molecule has 7 nitrogen and oxygen atoms in total. The molecule has 3 amide bonds. The van der Waals surface area contributed by atoms with Gasteiger partial charge in [0.2, 0.25) is 5.91 Å². The first kappa shape index (κ1) is 22.0. The number of ether oxygens (including phenoxy) is 2. The highest BCUT2D eigenvalue weighted by molar-refractivity contribution is 5.95. The summed E-state index contributed by atoms with van der Waals surface area (Å²) in [7, 11) is 1.61. The topological polar surface area (TPSA) is 79.9 Å². The minimum atomic E-state index is -0.393. The molecule has 7 heteroatoms. The Kier molecular flexibility index (Phi) is 9.07. The van der Waals surface area contributed by atoms with Gasteiger partial charge in [0.15, 0.2) is 11.5 Å². The molecule has 0 heterocycles. The first-order valence-electron chi connectivity index (χ1n) is 10.2. The lowest BCUT2D eigenvalue weighted by Crippen LogP contribution is -2.47. The van der Waals surface area contributed by atoms with Crippen molar-refractivity contribution in [3.05, 3.63) is 23.8 Å². The van der Waals surface area contributed by atoms with Crippen molar-refractivity contribution in [2.75, 3.05) is 26.8 Å². The van der Waals surface area contributed by atoms with Crippen molar-refractivity contribution in [1.29, 1.82) is 0 Å². The molecule has 1 aromatic rings. The van der Waals surface area contributed by atoms with Gasteiger partial charge in [-0.25, -0.2) is 4.79 Å². The van der Waals surface area contributed by atoms with Crippen LogP contribution in [0.4, 0.5) is 4.79 Å². The molecule has 1 aliphatic carbocycles. The van der Waals surface area contributed by atoms with Gasteiger partial charge in [-0.05, 0) is 44.0 Å². The van der Waals surface area contributed by atoms with Crippen LogP contribution in [0.5, 0.6) is 11.5 Å². The molecule has 1 aromatic carbocycles. The van der Waals surface area contributed by atoms with Crippen molar-refractivity contribution >= 4 is 11.9 Å². The number of methoxy groups -OCH3 is 1. The Balaban J connectivity index is 1.85. The summed E-state index contributed by atoms with van der Waals surface area (Å²) in [5, 5.41) is 5.36. The summed E-state index contributed by atoms with van der Waals surface area (Å²) in [6, 6.07) is 5.55. The second-order valence-corrected chi connectivity index (χ2v) is 7.08. The van der Waals surface area contributed by atoms with Gasteiger partial charge in [-0.15, -0.1) is 0 Å². The third-order valence-corrected chi connectivity index (χ3v) is 4.94. The second kappa shape index (κ2) is 11.5. The first-order chi connectivity index (χ1) is 13.5. The van der Waals surface area contributed by atoms with Gasteiger partial charge < -0.3 is 14.8 Å². The van der Waals surface area contributed by atoms with Crippen LogP contribution in [0.2, 0.25) is 0 Å². The lowest BCUT2D eigenvalue weighted by Gasteiger charge is -2.23. The van der Waals surface area contributed by atoms with Crippen LogP contribution in [-0.4, -0.2) is 49.7 Å². The highest BCUT2D eigenvalue weighted by Crippen LogP contribution is 2.28. The van der Waals surface area contributed by atoms with Gasteiger partial charge in [0.1, 0.15) is 0 Å². The van der Waals surface area contributed by atoms with E-state index in [1.165, 1.54) is 6.42 Å². The molecule has 0 bridgehead atoms. The normalized spacial score (nSPS) is 14.6. The second-order valence-electron chi connectivity index (χ2n) is 7.08. The molecule has 156 valence electrons. The zero-order valence-corrected chi connectivity index (χ0v) is 17.3. The quantitative estimate of drug-likeness (QED) is 0.676. The standard InChI is InChI=1S/C21H33N3O4/c1-4-24(14-16-11-12-18(28-5-2)19(13-16)27-3)15-20(25)23-21(26)22-17-9-7-6-8-10-17/h11-13,17H,4-10,14-15H2,1-3H3,(H2,22,23,25,26). The molecule has 1 fully saturated rings. The van der Waals surface area contributed by atoms with E-state index in [9.17, 15) is 9.59 Å². The van der Waals surface area contributed by atoms with E-state index < -0.39 is 6.03 Å². The van der Waals surface area contributed by atoms with Crippen LogP contribution in [0.3, 0.4) is 0 Å². The molecule has 0 atom stereocenters. The van der Waals surface area contributed by atoms with E-state index in [-0.39, 0.29) is 18.5 Å². The van der Waals surface area contributed by atoms with Crippen LogP contribution in [0, 0.1) is 0 Å². The molecule has 2 N–H and O–H groups in total. The molecule has 0 unspecified atom stereocenters. The smallest absolute Gasteiger partial charge is 0.321 e. The number of nitrogens with zero attached hydrogens (tertiary/aromatic N) is 1. The number of imide groups is 1. The largest absolute Gasteiger partial charge is 0.493 e. The fourth-order valence-corrected chi connectivity index (χ4v) is 3.46. The van der Waals surface area contributed by atoms with Gasteiger partial charge in [0.25, 0.3) is 0 Å². The van der Waals surface area contributed by atoms with E-state index in [1.54, 1.807) is 7.11 Å². The SMILES string of the molecule is CCOc1ccc(CN(CC)CC(=O)NC(=O)NC2CCCCC2)cc1OC. The molecule has 2 rings (SSSR count). The molecule has 0 aromatic heterocycles. The van der Waals surface area contributed by atoms with Crippen molar-refractivity contribution in [3.8, 4) is 11.5 Å². The van der Waals surface area contributed by atoms with Gasteiger partial charge in [-0.2, -0.15) is 0 Å². The maximum Gasteiger partial charge on any atom is 0.321 e. The fraction of sp³-hybridized carbons (Fsp3) is 0.619. The fourth-order valence-electron chi connectivity index (χ4n) is 3.46. The summed E-state index contributed by atoms with van der Waals surface area (Å²) >= 11 is 0. The number of rotatable bonds is 9. The van der Waals surface area contributed by atoms with Crippen molar-refractivity contribution < 1.29 is 19.1 Å². The van der Waals surface area contributed by atoms with Gasteiger partial charge in [-0.1, -0.05) is 32.3 Å². The van der Waals surface area contributed by atoms with Crippen molar-refractivity contribution in [3.63, 3.8) is 0 Å². The molecule has 0 aliphatic heterocycles. The molecular weight excluding hydrogens is 358 g/mol. The summed E-state index contributed by atoms with van der Waals surface area (Å²) in [6.45, 7) is 5.91. The van der Waals surface area contributed by atoms with Gasteiger partial charge >= 0.3 is 6.03 Å². The Morgan fingerprint density at radius 3 is 2.54 bits per heavy atom. The number of likely N-dealkylation sites (N-methyl/N-ethyl adjacent to an activating group) is 1. The Morgan fingerprint density at radius 1 is 1.14 bits per heavy atom. The number of benzene rings is 1. The monoisotopic (exact) mass is 391 g/mol. The molecule has 0 radical (unpaired) electrons. The molecule has 1 saturated carbocycles. The van der Waals surface area contributed by atoms with Gasteiger partial charge in [0.05, 0.1) is 20.3 Å². The Labute approximate surface area is 167 Å². The summed E-state index contributed by atoms with van der Waals surface area (Å²) in [4.78, 5) is 26.3. The Morgan fingerprint density at radius 2 is 1.89 bits per heavy atom. The third kappa shape index (κ3) is 7.03. The van der Waals surface area contributed by atoms with Crippen LogP contribution in [0.1, 0.15) is 51.5 Å². The lowest BCUT2D eigenvalue weighted by molar-refractivity contribution is -0.121. The molecule has 28 heavy (non-hydrogen) atoms. The van der Waals surface area contributed by atoms with Crippen LogP contribution in [0.15, 0.2) is 18.2 Å². The van der Waals surface area contributed by atoms with E-state index in [4.69, 9.17) is 9.47 Å². The molecule has 1 aliphatic rings. The van der Waals surface area contributed by atoms with Crippen molar-refractivity contribution in [1.82, 2.24) is 15.5 Å². The third-order valence-electron chi connectivity index (χ3n) is 4.94. The highest BCUT2D eigenvalue weighted by atomic mass is 16.5. The minimum Gasteiger partial charge on any atom is -0.493 e. The molecule has 0 spiro atoms. The van der Waals surface area contributed by atoms with Crippen LogP contribution in [-0.2, 0) is 11.3 Å².